The standard InChI is InChI=1S/C24H29N3O3S/c28-24(25-23-20-11-4-9-18(20)15-19-10-5-12-21(19)23)26-31(29,30)16-22(27-13-6-14-27)17-7-2-1-3-8-17/h1-3,7-8,15,22H,4-6,9-14,16H2,(H2,25,26,28). The van der Waals surface area contributed by atoms with Crippen molar-refractivity contribution in [2.75, 3.05) is 24.2 Å². The van der Waals surface area contributed by atoms with Crippen LogP contribution in [0.4, 0.5) is 10.5 Å². The fourth-order valence-electron chi connectivity index (χ4n) is 5.24. The number of likely N-dealkylation sites (tertiary alicyclic amines) is 1. The Balaban J connectivity index is 1.32. The van der Waals surface area contributed by atoms with Crippen molar-refractivity contribution in [2.45, 2.75) is 51.0 Å². The molecule has 0 aromatic heterocycles. The lowest BCUT2D eigenvalue weighted by atomic mass is 9.99. The molecule has 6 nitrogen and oxygen atoms in total. The molecule has 1 saturated heterocycles. The van der Waals surface area contributed by atoms with Gasteiger partial charge in [-0.05, 0) is 72.8 Å². The summed E-state index contributed by atoms with van der Waals surface area (Å²) in [4.78, 5) is 14.9. The highest BCUT2D eigenvalue weighted by Crippen LogP contribution is 2.38. The smallest absolute Gasteiger partial charge is 0.307 e. The molecule has 5 rings (SSSR count). The molecule has 1 fully saturated rings. The summed E-state index contributed by atoms with van der Waals surface area (Å²) in [5.41, 5.74) is 6.82. The molecule has 2 N–H and O–H groups in total. The molecular weight excluding hydrogens is 410 g/mol. The Morgan fingerprint density at radius 1 is 0.935 bits per heavy atom. The minimum atomic E-state index is -3.80. The first-order chi connectivity index (χ1) is 15.0. The number of carbonyl (C=O) groups excluding carboxylic acids is 1. The van der Waals surface area contributed by atoms with Crippen LogP contribution in [0.1, 0.15) is 53.1 Å². The molecule has 2 aliphatic carbocycles. The number of nitrogens with one attached hydrogen (secondary N) is 2. The second kappa shape index (κ2) is 8.28. The summed E-state index contributed by atoms with van der Waals surface area (Å²) in [6.45, 7) is 1.76. The van der Waals surface area contributed by atoms with Crippen molar-refractivity contribution in [1.29, 1.82) is 0 Å². The molecule has 2 aromatic rings. The van der Waals surface area contributed by atoms with Gasteiger partial charge < -0.3 is 5.32 Å². The highest BCUT2D eigenvalue weighted by Gasteiger charge is 2.31. The summed E-state index contributed by atoms with van der Waals surface area (Å²) in [5.74, 6) is -0.130. The molecule has 2 amide bonds. The molecule has 1 aliphatic heterocycles. The normalized spacial score (nSPS) is 18.7. The van der Waals surface area contributed by atoms with E-state index in [1.54, 1.807) is 0 Å². The van der Waals surface area contributed by atoms with E-state index in [1.807, 2.05) is 30.3 Å². The predicted octanol–water partition coefficient (Wildman–Crippen LogP) is 3.56. The number of fused-ring (bicyclic) bond motifs is 2. The summed E-state index contributed by atoms with van der Waals surface area (Å²) in [7, 11) is -3.80. The van der Waals surface area contributed by atoms with Gasteiger partial charge >= 0.3 is 6.03 Å². The van der Waals surface area contributed by atoms with Gasteiger partial charge in [0.25, 0.3) is 0 Å². The molecule has 1 unspecified atom stereocenters. The molecule has 164 valence electrons. The number of aryl methyl sites for hydroxylation is 2. The van der Waals surface area contributed by atoms with Crippen LogP contribution in [0.3, 0.4) is 0 Å². The number of urea groups is 1. The number of anilines is 1. The van der Waals surface area contributed by atoms with Crippen LogP contribution in [0.25, 0.3) is 0 Å². The van der Waals surface area contributed by atoms with Crippen molar-refractivity contribution in [2.24, 2.45) is 0 Å². The van der Waals surface area contributed by atoms with Gasteiger partial charge in [0.05, 0.1) is 11.8 Å². The van der Waals surface area contributed by atoms with Crippen molar-refractivity contribution < 1.29 is 13.2 Å². The third-order valence-corrected chi connectivity index (χ3v) is 8.10. The molecule has 1 heterocycles. The van der Waals surface area contributed by atoms with Crippen LogP contribution in [0.2, 0.25) is 0 Å². The average Bonchev–Trinajstić information content (AvgIpc) is 3.35. The second-order valence-corrected chi connectivity index (χ2v) is 10.7. The minimum absolute atomic E-state index is 0.130. The highest BCUT2D eigenvalue weighted by molar-refractivity contribution is 7.90. The highest BCUT2D eigenvalue weighted by atomic mass is 32.2. The van der Waals surface area contributed by atoms with Crippen LogP contribution in [0.5, 0.6) is 0 Å². The molecule has 0 saturated carbocycles. The first-order valence-corrected chi connectivity index (χ1v) is 12.9. The zero-order valence-electron chi connectivity index (χ0n) is 17.7. The van der Waals surface area contributed by atoms with Gasteiger partial charge in [-0.1, -0.05) is 36.4 Å². The summed E-state index contributed by atoms with van der Waals surface area (Å²) in [6, 6.07) is 11.1. The minimum Gasteiger partial charge on any atom is -0.307 e. The lowest BCUT2D eigenvalue weighted by Gasteiger charge is -2.38. The quantitative estimate of drug-likeness (QED) is 0.721. The number of nitrogens with zero attached hydrogens (tertiary/aromatic N) is 1. The van der Waals surface area contributed by atoms with Crippen molar-refractivity contribution in [3.05, 3.63) is 64.2 Å². The Kier molecular flexibility index (Phi) is 5.48. The van der Waals surface area contributed by atoms with Gasteiger partial charge in [-0.3, -0.25) is 4.90 Å². The number of carbonyl (C=O) groups is 1. The Morgan fingerprint density at radius 2 is 1.58 bits per heavy atom. The Morgan fingerprint density at radius 3 is 2.16 bits per heavy atom. The third kappa shape index (κ3) is 4.21. The van der Waals surface area contributed by atoms with Crippen molar-refractivity contribution in [3.63, 3.8) is 0 Å². The van der Waals surface area contributed by atoms with E-state index in [9.17, 15) is 13.2 Å². The summed E-state index contributed by atoms with van der Waals surface area (Å²) < 4.78 is 28.1. The number of benzene rings is 2. The van der Waals surface area contributed by atoms with Gasteiger partial charge in [0, 0.05) is 18.8 Å². The zero-order valence-corrected chi connectivity index (χ0v) is 18.5. The maximum absolute atomic E-state index is 12.9. The number of sulfonamides is 1. The molecule has 1 atom stereocenters. The lowest BCUT2D eigenvalue weighted by molar-refractivity contribution is 0.130. The molecule has 31 heavy (non-hydrogen) atoms. The Bertz CT molecular complexity index is 1060. The number of rotatable bonds is 6. The summed E-state index contributed by atoms with van der Waals surface area (Å²) >= 11 is 0. The van der Waals surface area contributed by atoms with E-state index in [4.69, 9.17) is 0 Å². The van der Waals surface area contributed by atoms with Gasteiger partial charge in [-0.15, -0.1) is 0 Å². The first-order valence-electron chi connectivity index (χ1n) is 11.3. The Hall–Kier alpha value is -2.38. The molecule has 3 aliphatic rings. The molecule has 0 spiro atoms. The maximum Gasteiger partial charge on any atom is 0.332 e. The van der Waals surface area contributed by atoms with E-state index in [1.165, 1.54) is 22.3 Å². The van der Waals surface area contributed by atoms with Crippen LogP contribution in [-0.2, 0) is 35.7 Å². The van der Waals surface area contributed by atoms with Gasteiger partial charge in [0.1, 0.15) is 0 Å². The first kappa shape index (κ1) is 20.5. The van der Waals surface area contributed by atoms with Gasteiger partial charge in [-0.2, -0.15) is 0 Å². The van der Waals surface area contributed by atoms with E-state index < -0.39 is 16.1 Å². The summed E-state index contributed by atoms with van der Waals surface area (Å²) in [6.07, 6.45) is 7.19. The van der Waals surface area contributed by atoms with E-state index >= 15 is 0 Å². The van der Waals surface area contributed by atoms with Crippen LogP contribution in [0, 0.1) is 0 Å². The van der Waals surface area contributed by atoms with E-state index in [0.717, 1.165) is 69.3 Å². The van der Waals surface area contributed by atoms with Crippen LogP contribution >= 0.6 is 0 Å². The molecular formula is C24H29N3O3S. The predicted molar refractivity (Wildman–Crippen MR) is 122 cm³/mol. The fraction of sp³-hybridized carbons (Fsp3) is 0.458. The van der Waals surface area contributed by atoms with Crippen molar-refractivity contribution in [3.8, 4) is 0 Å². The van der Waals surface area contributed by atoms with Gasteiger partial charge in [-0.25, -0.2) is 17.9 Å². The SMILES string of the molecule is O=C(Nc1c2c(cc3c1CCC3)CCC2)NS(=O)(=O)CC(c1ccccc1)N1CCC1. The molecule has 0 bridgehead atoms. The lowest BCUT2D eigenvalue weighted by Crippen LogP contribution is -2.46. The van der Waals surface area contributed by atoms with Gasteiger partial charge in [0.15, 0.2) is 0 Å². The molecule has 2 aromatic carbocycles. The van der Waals surface area contributed by atoms with Crippen molar-refractivity contribution in [1.82, 2.24) is 9.62 Å². The monoisotopic (exact) mass is 439 g/mol. The number of hydrogen-bond acceptors (Lipinski definition) is 4. The van der Waals surface area contributed by atoms with Crippen molar-refractivity contribution >= 4 is 21.7 Å². The van der Waals surface area contributed by atoms with Gasteiger partial charge in [0.2, 0.25) is 10.0 Å². The number of hydrogen-bond donors (Lipinski definition) is 2. The van der Waals surface area contributed by atoms with Crippen LogP contribution < -0.4 is 10.0 Å². The second-order valence-electron chi connectivity index (χ2n) is 8.89. The van der Waals surface area contributed by atoms with E-state index in [0.29, 0.717) is 0 Å². The average molecular weight is 440 g/mol. The van der Waals surface area contributed by atoms with Crippen LogP contribution in [-0.4, -0.2) is 38.2 Å². The molecule has 7 heteroatoms. The largest absolute Gasteiger partial charge is 0.332 e. The maximum atomic E-state index is 12.9. The summed E-state index contributed by atoms with van der Waals surface area (Å²) in [5, 5.41) is 2.93. The molecule has 0 radical (unpaired) electrons. The third-order valence-electron chi connectivity index (χ3n) is 6.85. The van der Waals surface area contributed by atoms with Crippen LogP contribution in [0.15, 0.2) is 36.4 Å². The van der Waals surface area contributed by atoms with E-state index in [2.05, 4.69) is 21.0 Å². The fourth-order valence-corrected chi connectivity index (χ4v) is 6.47. The topological polar surface area (TPSA) is 78.5 Å². The van der Waals surface area contributed by atoms with E-state index in [-0.39, 0.29) is 11.8 Å². The number of amides is 2. The Labute approximate surface area is 184 Å². The zero-order chi connectivity index (χ0) is 21.4.